The number of rotatable bonds is 4. The highest BCUT2D eigenvalue weighted by atomic mass is 16.4. The van der Waals surface area contributed by atoms with Gasteiger partial charge < -0.3 is 5.11 Å². The molecular formula is C12H24O2. The van der Waals surface area contributed by atoms with E-state index in [4.69, 9.17) is 0 Å². The molecule has 0 bridgehead atoms. The predicted molar refractivity (Wildman–Crippen MR) is 59.2 cm³/mol. The van der Waals surface area contributed by atoms with E-state index in [1.165, 1.54) is 0 Å². The molecule has 84 valence electrons. The second kappa shape index (κ2) is 3.92. The lowest BCUT2D eigenvalue weighted by Crippen LogP contribution is -2.48. The fourth-order valence-corrected chi connectivity index (χ4v) is 1.87. The van der Waals surface area contributed by atoms with Crippen molar-refractivity contribution in [2.24, 2.45) is 22.7 Å². The first kappa shape index (κ1) is 13.5. The zero-order chi connectivity index (χ0) is 11.7. The zero-order valence-electron chi connectivity index (χ0n) is 10.5. The van der Waals surface area contributed by atoms with Crippen LogP contribution in [0.4, 0.5) is 0 Å². The Hall–Kier alpha value is -0.530. The van der Waals surface area contributed by atoms with Crippen LogP contribution in [0.3, 0.4) is 0 Å². The largest absolute Gasteiger partial charge is 0.481 e. The Morgan fingerprint density at radius 1 is 1.00 bits per heavy atom. The lowest BCUT2D eigenvalue weighted by molar-refractivity contribution is -0.163. The van der Waals surface area contributed by atoms with Gasteiger partial charge in [-0.05, 0) is 24.2 Å². The number of aliphatic carboxylic acids is 1. The Labute approximate surface area is 87.7 Å². The van der Waals surface area contributed by atoms with Crippen molar-refractivity contribution in [3.63, 3.8) is 0 Å². The molecule has 0 aliphatic rings. The van der Waals surface area contributed by atoms with Gasteiger partial charge in [-0.15, -0.1) is 0 Å². The quantitative estimate of drug-likeness (QED) is 0.755. The number of carbonyl (C=O) groups is 1. The van der Waals surface area contributed by atoms with E-state index in [0.717, 1.165) is 0 Å². The molecule has 14 heavy (non-hydrogen) atoms. The van der Waals surface area contributed by atoms with Crippen LogP contribution in [-0.4, -0.2) is 11.1 Å². The van der Waals surface area contributed by atoms with Crippen LogP contribution in [0.15, 0.2) is 0 Å². The molecule has 1 unspecified atom stereocenters. The number of carboxylic acids is 1. The van der Waals surface area contributed by atoms with Gasteiger partial charge in [-0.1, -0.05) is 41.5 Å². The molecule has 0 fully saturated rings. The second-order valence-electron chi connectivity index (χ2n) is 5.54. The highest BCUT2D eigenvalue weighted by Gasteiger charge is 2.50. The number of carboxylic acid groups (broad SMARTS) is 1. The van der Waals surface area contributed by atoms with Crippen molar-refractivity contribution < 1.29 is 9.90 Å². The van der Waals surface area contributed by atoms with E-state index in [2.05, 4.69) is 13.8 Å². The third-order valence-electron chi connectivity index (χ3n) is 4.38. The van der Waals surface area contributed by atoms with Crippen LogP contribution in [-0.2, 0) is 4.79 Å². The average molecular weight is 200 g/mol. The molecule has 0 rings (SSSR count). The molecule has 0 aromatic carbocycles. The normalized spacial score (nSPS) is 17.2. The SMILES string of the molecule is CC(C)C(C)(C)C(C)(C(=O)O)C(C)C. The van der Waals surface area contributed by atoms with Crippen LogP contribution in [0, 0.1) is 22.7 Å². The summed E-state index contributed by atoms with van der Waals surface area (Å²) in [6, 6.07) is 0. The van der Waals surface area contributed by atoms with Crippen molar-refractivity contribution in [2.75, 3.05) is 0 Å². The molecule has 1 atom stereocenters. The van der Waals surface area contributed by atoms with E-state index in [1.54, 1.807) is 0 Å². The summed E-state index contributed by atoms with van der Waals surface area (Å²) in [5.41, 5.74) is -0.867. The third kappa shape index (κ3) is 1.79. The van der Waals surface area contributed by atoms with Crippen molar-refractivity contribution in [2.45, 2.75) is 48.5 Å². The third-order valence-corrected chi connectivity index (χ3v) is 4.38. The van der Waals surface area contributed by atoms with Gasteiger partial charge in [0.2, 0.25) is 0 Å². The smallest absolute Gasteiger partial charge is 0.310 e. The molecule has 0 heterocycles. The van der Waals surface area contributed by atoms with E-state index in [9.17, 15) is 9.90 Å². The average Bonchev–Trinajstić information content (AvgIpc) is 2.01. The van der Waals surface area contributed by atoms with Crippen LogP contribution < -0.4 is 0 Å². The molecule has 0 aliphatic heterocycles. The maximum absolute atomic E-state index is 11.4. The van der Waals surface area contributed by atoms with Crippen LogP contribution in [0.1, 0.15) is 48.5 Å². The highest BCUT2D eigenvalue weighted by molar-refractivity contribution is 5.75. The fourth-order valence-electron chi connectivity index (χ4n) is 1.87. The molecule has 2 nitrogen and oxygen atoms in total. The Morgan fingerprint density at radius 3 is 1.43 bits per heavy atom. The summed E-state index contributed by atoms with van der Waals surface area (Å²) in [6.07, 6.45) is 0. The molecular weight excluding hydrogens is 176 g/mol. The number of hydrogen-bond donors (Lipinski definition) is 1. The first-order chi connectivity index (χ1) is 6.08. The first-order valence-corrected chi connectivity index (χ1v) is 5.31. The molecule has 2 heteroatoms. The predicted octanol–water partition coefficient (Wildman–Crippen LogP) is 3.42. The lowest BCUT2D eigenvalue weighted by Gasteiger charge is -2.46. The molecule has 0 saturated carbocycles. The Balaban J connectivity index is 5.32. The van der Waals surface area contributed by atoms with Gasteiger partial charge in [0, 0.05) is 0 Å². The van der Waals surface area contributed by atoms with Crippen LogP contribution >= 0.6 is 0 Å². The van der Waals surface area contributed by atoms with Crippen molar-refractivity contribution in [3.8, 4) is 0 Å². The van der Waals surface area contributed by atoms with E-state index < -0.39 is 11.4 Å². The Kier molecular flexibility index (Phi) is 3.77. The molecule has 0 spiro atoms. The summed E-state index contributed by atoms with van der Waals surface area (Å²) in [4.78, 5) is 11.4. The Morgan fingerprint density at radius 2 is 1.36 bits per heavy atom. The van der Waals surface area contributed by atoms with Gasteiger partial charge in [0.25, 0.3) is 0 Å². The summed E-state index contributed by atoms with van der Waals surface area (Å²) >= 11 is 0. The molecule has 0 aliphatic carbocycles. The minimum Gasteiger partial charge on any atom is -0.481 e. The van der Waals surface area contributed by atoms with E-state index in [-0.39, 0.29) is 11.3 Å². The maximum Gasteiger partial charge on any atom is 0.310 e. The van der Waals surface area contributed by atoms with Gasteiger partial charge in [-0.25, -0.2) is 0 Å². The van der Waals surface area contributed by atoms with Gasteiger partial charge in [-0.2, -0.15) is 0 Å². The summed E-state index contributed by atoms with van der Waals surface area (Å²) in [7, 11) is 0. The molecule has 0 saturated heterocycles. The summed E-state index contributed by atoms with van der Waals surface area (Å²) in [5, 5.41) is 9.39. The van der Waals surface area contributed by atoms with Gasteiger partial charge in [0.15, 0.2) is 0 Å². The number of hydrogen-bond acceptors (Lipinski definition) is 1. The van der Waals surface area contributed by atoms with Gasteiger partial charge in [0.05, 0.1) is 5.41 Å². The van der Waals surface area contributed by atoms with E-state index in [1.807, 2.05) is 34.6 Å². The van der Waals surface area contributed by atoms with Gasteiger partial charge in [0.1, 0.15) is 0 Å². The highest BCUT2D eigenvalue weighted by Crippen LogP contribution is 2.49. The first-order valence-electron chi connectivity index (χ1n) is 5.31. The monoisotopic (exact) mass is 200 g/mol. The molecule has 0 aromatic heterocycles. The van der Waals surface area contributed by atoms with Crippen LogP contribution in [0.25, 0.3) is 0 Å². The minimum absolute atomic E-state index is 0.136. The molecule has 0 aromatic rings. The van der Waals surface area contributed by atoms with Crippen molar-refractivity contribution in [1.29, 1.82) is 0 Å². The van der Waals surface area contributed by atoms with E-state index >= 15 is 0 Å². The Bertz CT molecular complexity index is 216. The second-order valence-corrected chi connectivity index (χ2v) is 5.54. The van der Waals surface area contributed by atoms with Crippen molar-refractivity contribution >= 4 is 5.97 Å². The standard InChI is InChI=1S/C12H24O2/c1-8(2)11(5,6)12(7,9(3)4)10(13)14/h8-9H,1-7H3,(H,13,14). The minimum atomic E-state index is -0.689. The summed E-state index contributed by atoms with van der Waals surface area (Å²) < 4.78 is 0. The fraction of sp³-hybridized carbons (Fsp3) is 0.917. The maximum atomic E-state index is 11.4. The summed E-state index contributed by atoms with van der Waals surface area (Å²) in [5.74, 6) is -0.199. The van der Waals surface area contributed by atoms with Crippen LogP contribution in [0.2, 0.25) is 0 Å². The van der Waals surface area contributed by atoms with Gasteiger partial charge in [-0.3, -0.25) is 4.79 Å². The van der Waals surface area contributed by atoms with Crippen molar-refractivity contribution in [3.05, 3.63) is 0 Å². The van der Waals surface area contributed by atoms with Crippen molar-refractivity contribution in [1.82, 2.24) is 0 Å². The molecule has 0 radical (unpaired) electrons. The van der Waals surface area contributed by atoms with Crippen LogP contribution in [0.5, 0.6) is 0 Å². The van der Waals surface area contributed by atoms with Gasteiger partial charge >= 0.3 is 5.97 Å². The molecule has 0 amide bonds. The lowest BCUT2D eigenvalue weighted by atomic mass is 9.56. The zero-order valence-corrected chi connectivity index (χ0v) is 10.5. The summed E-state index contributed by atoms with van der Waals surface area (Å²) in [6.45, 7) is 14.1. The topological polar surface area (TPSA) is 37.3 Å². The molecule has 1 N–H and O–H groups in total. The van der Waals surface area contributed by atoms with E-state index in [0.29, 0.717) is 5.92 Å².